The van der Waals surface area contributed by atoms with E-state index < -0.39 is 11.7 Å². The Morgan fingerprint density at radius 1 is 1.59 bits per heavy atom. The first-order valence-corrected chi connectivity index (χ1v) is 6.53. The maximum Gasteiger partial charge on any atom is 0.254 e. The van der Waals surface area contributed by atoms with E-state index in [1.165, 1.54) is 30.0 Å². The standard InChI is InChI=1S/C12H12FNOS2/c1-2-6-17-7-5-14-12(15)10-8-9(16)3-4-11(10)13/h1,3-4,8,16H,5-7H2,(H,14,15). The number of carbonyl (C=O) groups excluding carboxylic acids is 1. The maximum atomic E-state index is 13.3. The number of hydrogen-bond donors (Lipinski definition) is 2. The van der Waals surface area contributed by atoms with Crippen molar-refractivity contribution in [3.05, 3.63) is 29.6 Å². The molecule has 0 aromatic heterocycles. The van der Waals surface area contributed by atoms with E-state index in [1.807, 2.05) is 0 Å². The molecular weight excluding hydrogens is 257 g/mol. The van der Waals surface area contributed by atoms with Crippen LogP contribution < -0.4 is 5.32 Å². The molecule has 0 aliphatic rings. The number of terminal acetylenes is 1. The number of nitrogens with one attached hydrogen (secondary N) is 1. The van der Waals surface area contributed by atoms with Crippen LogP contribution >= 0.6 is 24.4 Å². The second-order valence-corrected chi connectivity index (χ2v) is 4.80. The highest BCUT2D eigenvalue weighted by atomic mass is 32.2. The third kappa shape index (κ3) is 4.72. The molecule has 1 rings (SSSR count). The van der Waals surface area contributed by atoms with E-state index in [0.29, 0.717) is 22.9 Å². The predicted octanol–water partition coefficient (Wildman–Crippen LogP) is 2.21. The van der Waals surface area contributed by atoms with Gasteiger partial charge in [-0.25, -0.2) is 4.39 Å². The number of amides is 1. The fraction of sp³-hybridized carbons (Fsp3) is 0.250. The molecule has 2 nitrogen and oxygen atoms in total. The Morgan fingerprint density at radius 3 is 3.06 bits per heavy atom. The molecular formula is C12H12FNOS2. The van der Waals surface area contributed by atoms with E-state index in [2.05, 4.69) is 23.9 Å². The maximum absolute atomic E-state index is 13.3. The lowest BCUT2D eigenvalue weighted by molar-refractivity contribution is 0.0952. The zero-order valence-electron chi connectivity index (χ0n) is 9.07. The number of thioether (sulfide) groups is 1. The average molecular weight is 269 g/mol. The van der Waals surface area contributed by atoms with Crippen LogP contribution in [0.5, 0.6) is 0 Å². The quantitative estimate of drug-likeness (QED) is 0.487. The Kier molecular flexibility index (Phi) is 5.95. The normalized spacial score (nSPS) is 9.71. The van der Waals surface area contributed by atoms with Crippen molar-refractivity contribution < 1.29 is 9.18 Å². The van der Waals surface area contributed by atoms with Crippen molar-refractivity contribution in [1.82, 2.24) is 5.32 Å². The van der Waals surface area contributed by atoms with E-state index in [0.717, 1.165) is 0 Å². The van der Waals surface area contributed by atoms with Gasteiger partial charge in [-0.2, -0.15) is 0 Å². The molecule has 0 unspecified atom stereocenters. The molecule has 1 N–H and O–H groups in total. The molecule has 0 aliphatic carbocycles. The first-order chi connectivity index (χ1) is 8.15. The highest BCUT2D eigenvalue weighted by Gasteiger charge is 2.10. The molecule has 0 saturated heterocycles. The highest BCUT2D eigenvalue weighted by Crippen LogP contribution is 2.13. The summed E-state index contributed by atoms with van der Waals surface area (Å²) in [5, 5.41) is 2.62. The summed E-state index contributed by atoms with van der Waals surface area (Å²) in [4.78, 5) is 12.2. The highest BCUT2D eigenvalue weighted by molar-refractivity contribution is 7.99. The molecule has 0 atom stereocenters. The summed E-state index contributed by atoms with van der Waals surface area (Å²) in [5.74, 6) is 2.82. The number of rotatable bonds is 5. The summed E-state index contributed by atoms with van der Waals surface area (Å²) < 4.78 is 13.3. The monoisotopic (exact) mass is 269 g/mol. The van der Waals surface area contributed by atoms with Gasteiger partial charge >= 0.3 is 0 Å². The van der Waals surface area contributed by atoms with Gasteiger partial charge in [-0.05, 0) is 18.2 Å². The van der Waals surface area contributed by atoms with Crippen LogP contribution in [0.1, 0.15) is 10.4 Å². The fourth-order valence-electron chi connectivity index (χ4n) is 1.15. The Labute approximate surface area is 110 Å². The van der Waals surface area contributed by atoms with Gasteiger partial charge in [0.1, 0.15) is 5.82 Å². The van der Waals surface area contributed by atoms with Gasteiger partial charge in [0.2, 0.25) is 0 Å². The van der Waals surface area contributed by atoms with Gasteiger partial charge in [-0.15, -0.1) is 30.8 Å². The number of halogens is 1. The Bertz CT molecular complexity index is 443. The number of benzene rings is 1. The van der Waals surface area contributed by atoms with Crippen LogP contribution in [0.3, 0.4) is 0 Å². The fourth-order valence-corrected chi connectivity index (χ4v) is 1.86. The summed E-state index contributed by atoms with van der Waals surface area (Å²) >= 11 is 5.60. The van der Waals surface area contributed by atoms with Crippen molar-refractivity contribution >= 4 is 30.3 Å². The third-order valence-corrected chi connectivity index (χ3v) is 3.05. The number of hydrogen-bond acceptors (Lipinski definition) is 3. The Hall–Kier alpha value is -1.12. The summed E-state index contributed by atoms with van der Waals surface area (Å²) in [6.45, 7) is 0.460. The Morgan fingerprint density at radius 2 is 2.35 bits per heavy atom. The van der Waals surface area contributed by atoms with E-state index in [-0.39, 0.29) is 5.56 Å². The summed E-state index contributed by atoms with van der Waals surface area (Å²) in [5.41, 5.74) is 0.0134. The van der Waals surface area contributed by atoms with E-state index in [4.69, 9.17) is 6.42 Å². The number of thiol groups is 1. The van der Waals surface area contributed by atoms with Gasteiger partial charge in [0.05, 0.1) is 11.3 Å². The molecule has 0 saturated carbocycles. The third-order valence-electron chi connectivity index (χ3n) is 1.91. The predicted molar refractivity (Wildman–Crippen MR) is 72.1 cm³/mol. The minimum absolute atomic E-state index is 0.0134. The molecule has 0 heterocycles. The molecule has 0 spiro atoms. The van der Waals surface area contributed by atoms with Crippen molar-refractivity contribution in [3.63, 3.8) is 0 Å². The lowest BCUT2D eigenvalue weighted by Gasteiger charge is -2.06. The first-order valence-electron chi connectivity index (χ1n) is 4.93. The first kappa shape index (κ1) is 13.9. The second-order valence-electron chi connectivity index (χ2n) is 3.18. The lowest BCUT2D eigenvalue weighted by Crippen LogP contribution is -2.26. The van der Waals surface area contributed by atoms with E-state index in [9.17, 15) is 9.18 Å². The molecule has 0 aliphatic heterocycles. The van der Waals surface area contributed by atoms with E-state index in [1.54, 1.807) is 0 Å². The van der Waals surface area contributed by atoms with Gasteiger partial charge in [0.15, 0.2) is 0 Å². The van der Waals surface area contributed by atoms with Crippen LogP contribution in [0.2, 0.25) is 0 Å². The van der Waals surface area contributed by atoms with Crippen LogP contribution in [-0.2, 0) is 0 Å². The largest absolute Gasteiger partial charge is 0.351 e. The molecule has 5 heteroatoms. The zero-order chi connectivity index (χ0) is 12.7. The minimum Gasteiger partial charge on any atom is -0.351 e. The summed E-state index contributed by atoms with van der Waals surface area (Å²) in [6, 6.07) is 4.13. The average Bonchev–Trinajstić information content (AvgIpc) is 2.32. The van der Waals surface area contributed by atoms with Crippen LogP contribution in [0.15, 0.2) is 23.1 Å². The molecule has 0 radical (unpaired) electrons. The molecule has 1 aromatic carbocycles. The second kappa shape index (κ2) is 7.25. The van der Waals surface area contributed by atoms with Crippen molar-refractivity contribution in [2.24, 2.45) is 0 Å². The van der Waals surface area contributed by atoms with Crippen LogP contribution in [0, 0.1) is 18.2 Å². The lowest BCUT2D eigenvalue weighted by atomic mass is 10.2. The smallest absolute Gasteiger partial charge is 0.254 e. The summed E-state index contributed by atoms with van der Waals surface area (Å²) in [7, 11) is 0. The zero-order valence-corrected chi connectivity index (χ0v) is 10.8. The van der Waals surface area contributed by atoms with Gasteiger partial charge in [-0.1, -0.05) is 5.92 Å². The number of carbonyl (C=O) groups is 1. The van der Waals surface area contributed by atoms with Gasteiger partial charge in [0, 0.05) is 17.2 Å². The van der Waals surface area contributed by atoms with Crippen molar-refractivity contribution in [2.45, 2.75) is 4.90 Å². The van der Waals surface area contributed by atoms with Gasteiger partial charge in [-0.3, -0.25) is 4.79 Å². The van der Waals surface area contributed by atoms with Crippen molar-refractivity contribution in [1.29, 1.82) is 0 Å². The van der Waals surface area contributed by atoms with Crippen molar-refractivity contribution in [2.75, 3.05) is 18.1 Å². The van der Waals surface area contributed by atoms with Crippen LogP contribution in [0.4, 0.5) is 4.39 Å². The van der Waals surface area contributed by atoms with Crippen LogP contribution in [-0.4, -0.2) is 24.0 Å². The Balaban J connectivity index is 2.47. The molecule has 1 amide bonds. The molecule has 90 valence electrons. The van der Waals surface area contributed by atoms with Crippen LogP contribution in [0.25, 0.3) is 0 Å². The van der Waals surface area contributed by atoms with E-state index >= 15 is 0 Å². The molecule has 17 heavy (non-hydrogen) atoms. The van der Waals surface area contributed by atoms with Gasteiger partial charge < -0.3 is 5.32 Å². The van der Waals surface area contributed by atoms with Crippen molar-refractivity contribution in [3.8, 4) is 12.3 Å². The summed E-state index contributed by atoms with van der Waals surface area (Å²) in [6.07, 6.45) is 5.08. The molecule has 0 fully saturated rings. The SMILES string of the molecule is C#CCSCCNC(=O)c1cc(S)ccc1F. The molecule has 0 bridgehead atoms. The minimum atomic E-state index is -0.545. The topological polar surface area (TPSA) is 29.1 Å². The molecule has 1 aromatic rings. The van der Waals surface area contributed by atoms with Gasteiger partial charge in [0.25, 0.3) is 5.91 Å².